The van der Waals surface area contributed by atoms with Gasteiger partial charge in [-0.25, -0.2) is 8.42 Å². The lowest BCUT2D eigenvalue weighted by atomic mass is 10.1. The van der Waals surface area contributed by atoms with E-state index in [4.69, 9.17) is 0 Å². The lowest BCUT2D eigenvalue weighted by Gasteiger charge is -2.41. The minimum atomic E-state index is -3.38. The van der Waals surface area contributed by atoms with Crippen molar-refractivity contribution >= 4 is 26.0 Å². The maximum atomic E-state index is 12.9. The molecule has 0 spiro atoms. The predicted octanol–water partition coefficient (Wildman–Crippen LogP) is 2.44. The minimum absolute atomic E-state index is 0.0419. The van der Waals surface area contributed by atoms with Crippen molar-refractivity contribution in [2.45, 2.75) is 42.1 Å². The Kier molecular flexibility index (Phi) is 4.41. The van der Waals surface area contributed by atoms with E-state index in [1.165, 1.54) is 6.42 Å². The summed E-state index contributed by atoms with van der Waals surface area (Å²) >= 11 is 3.38. The van der Waals surface area contributed by atoms with Crippen LogP contribution in [-0.4, -0.2) is 49.3 Å². The van der Waals surface area contributed by atoms with Gasteiger partial charge in [-0.2, -0.15) is 4.31 Å². The topological polar surface area (TPSA) is 40.6 Å². The van der Waals surface area contributed by atoms with Gasteiger partial charge < -0.3 is 0 Å². The van der Waals surface area contributed by atoms with E-state index >= 15 is 0 Å². The summed E-state index contributed by atoms with van der Waals surface area (Å²) in [5.74, 6) is 0. The van der Waals surface area contributed by atoms with Gasteiger partial charge in [-0.1, -0.05) is 28.1 Å². The second-order valence-electron chi connectivity index (χ2n) is 5.99. The van der Waals surface area contributed by atoms with Crippen molar-refractivity contribution in [2.75, 3.05) is 19.6 Å². The number of halogens is 1. The summed E-state index contributed by atoms with van der Waals surface area (Å²) in [7, 11) is -3.38. The normalized spacial score (nSPS) is 27.7. The van der Waals surface area contributed by atoms with Crippen LogP contribution in [0, 0.1) is 0 Å². The number of hydrogen-bond donors (Lipinski definition) is 0. The van der Waals surface area contributed by atoms with Crippen LogP contribution in [0.15, 0.2) is 29.2 Å². The number of hydrogen-bond acceptors (Lipinski definition) is 3. The second-order valence-corrected chi connectivity index (χ2v) is 8.44. The fourth-order valence-electron chi connectivity index (χ4n) is 3.38. The van der Waals surface area contributed by atoms with Crippen molar-refractivity contribution in [1.82, 2.24) is 9.21 Å². The number of fused-ring (bicyclic) bond motifs is 1. The van der Waals surface area contributed by atoms with Crippen LogP contribution in [0.3, 0.4) is 0 Å². The molecule has 0 N–H and O–H groups in total. The van der Waals surface area contributed by atoms with Crippen molar-refractivity contribution in [1.29, 1.82) is 0 Å². The number of benzene rings is 1. The van der Waals surface area contributed by atoms with Gasteiger partial charge in [0, 0.05) is 30.5 Å². The molecule has 0 radical (unpaired) electrons. The molecule has 4 nitrogen and oxygen atoms in total. The molecular weight excluding hydrogens is 352 g/mol. The smallest absolute Gasteiger partial charge is 0.243 e. The highest BCUT2D eigenvalue weighted by atomic mass is 79.9. The summed E-state index contributed by atoms with van der Waals surface area (Å²) < 4.78 is 27.5. The van der Waals surface area contributed by atoms with Gasteiger partial charge in [0.15, 0.2) is 0 Å². The highest BCUT2D eigenvalue weighted by molar-refractivity contribution is 9.08. The van der Waals surface area contributed by atoms with Crippen LogP contribution in [-0.2, 0) is 15.4 Å². The molecule has 116 valence electrons. The molecule has 2 heterocycles. The van der Waals surface area contributed by atoms with Crippen LogP contribution in [0.1, 0.15) is 25.3 Å². The first-order valence-corrected chi connectivity index (χ1v) is 9.99. The molecule has 1 aromatic carbocycles. The minimum Gasteiger partial charge on any atom is -0.297 e. The zero-order valence-electron chi connectivity index (χ0n) is 12.2. The van der Waals surface area contributed by atoms with Gasteiger partial charge in [0.2, 0.25) is 10.0 Å². The molecule has 6 heteroatoms. The number of alkyl halides is 1. The van der Waals surface area contributed by atoms with Crippen molar-refractivity contribution in [3.8, 4) is 0 Å². The van der Waals surface area contributed by atoms with Gasteiger partial charge in [-0.3, -0.25) is 4.90 Å². The Labute approximate surface area is 135 Å². The largest absolute Gasteiger partial charge is 0.297 e. The second kappa shape index (κ2) is 5.99. The van der Waals surface area contributed by atoms with E-state index in [1.54, 1.807) is 16.4 Å². The van der Waals surface area contributed by atoms with Gasteiger partial charge in [-0.05, 0) is 44.0 Å². The van der Waals surface area contributed by atoms with Gasteiger partial charge >= 0.3 is 0 Å². The van der Waals surface area contributed by atoms with Crippen LogP contribution in [0.2, 0.25) is 0 Å². The van der Waals surface area contributed by atoms with Crippen molar-refractivity contribution < 1.29 is 8.42 Å². The summed E-state index contributed by atoms with van der Waals surface area (Å²) in [4.78, 5) is 2.84. The highest BCUT2D eigenvalue weighted by Gasteiger charge is 2.40. The van der Waals surface area contributed by atoms with E-state index in [0.717, 1.165) is 30.4 Å². The summed E-state index contributed by atoms with van der Waals surface area (Å²) in [6, 6.07) is 7.63. The van der Waals surface area contributed by atoms with Crippen molar-refractivity contribution in [3.05, 3.63) is 29.8 Å². The van der Waals surface area contributed by atoms with Gasteiger partial charge in [0.1, 0.15) is 0 Å². The maximum absolute atomic E-state index is 12.9. The number of sulfonamides is 1. The molecule has 0 saturated carbocycles. The molecule has 2 saturated heterocycles. The zero-order chi connectivity index (χ0) is 15.0. The quantitative estimate of drug-likeness (QED) is 0.765. The molecule has 0 aliphatic carbocycles. The lowest BCUT2D eigenvalue weighted by molar-refractivity contribution is 0.117. The fraction of sp³-hybridized carbons (Fsp3) is 0.600. The van der Waals surface area contributed by atoms with Crippen molar-refractivity contribution in [3.63, 3.8) is 0 Å². The molecule has 0 aromatic heterocycles. The Balaban J connectivity index is 1.86. The van der Waals surface area contributed by atoms with E-state index < -0.39 is 10.0 Å². The number of rotatable bonds is 3. The Bertz CT molecular complexity index is 603. The first-order valence-electron chi connectivity index (χ1n) is 7.43. The molecule has 1 aromatic rings. The molecule has 3 rings (SSSR count). The Morgan fingerprint density at radius 2 is 1.95 bits per heavy atom. The summed E-state index contributed by atoms with van der Waals surface area (Å²) in [5.41, 5.74) is 1.09. The van der Waals surface area contributed by atoms with Crippen LogP contribution in [0.4, 0.5) is 0 Å². The third-order valence-corrected chi connectivity index (χ3v) is 7.21. The summed E-state index contributed by atoms with van der Waals surface area (Å²) in [6.45, 7) is 4.61. The van der Waals surface area contributed by atoms with E-state index in [2.05, 4.69) is 20.8 Å². The van der Waals surface area contributed by atoms with Crippen LogP contribution < -0.4 is 0 Å². The number of piperazine rings is 1. The maximum Gasteiger partial charge on any atom is 0.243 e. The third kappa shape index (κ3) is 2.91. The molecule has 2 fully saturated rings. The molecule has 21 heavy (non-hydrogen) atoms. The fourth-order valence-corrected chi connectivity index (χ4v) is 5.41. The average Bonchev–Trinajstić information content (AvgIpc) is 2.93. The molecule has 0 amide bonds. The number of nitrogens with zero attached hydrogens (tertiary/aromatic N) is 2. The van der Waals surface area contributed by atoms with E-state index in [9.17, 15) is 8.42 Å². The zero-order valence-corrected chi connectivity index (χ0v) is 14.6. The van der Waals surface area contributed by atoms with Gasteiger partial charge in [-0.15, -0.1) is 0 Å². The summed E-state index contributed by atoms with van der Waals surface area (Å²) in [6.07, 6.45) is 2.30. The molecule has 2 atom stereocenters. The monoisotopic (exact) mass is 372 g/mol. The standard InChI is InChI=1S/C15H21BrN2O2S/c1-12-10-17-8-2-3-14(17)11-18(12)21(19,20)15-6-4-13(9-16)5-7-15/h4-7,12,14H,2-3,8-11H2,1H3. The third-order valence-electron chi connectivity index (χ3n) is 4.56. The Hall–Kier alpha value is -0.430. The van der Waals surface area contributed by atoms with Crippen LogP contribution >= 0.6 is 15.9 Å². The molecule has 2 aliphatic rings. The SMILES string of the molecule is CC1CN2CCCC2CN1S(=O)(=O)c1ccc(CBr)cc1. The van der Waals surface area contributed by atoms with E-state index in [0.29, 0.717) is 17.5 Å². The summed E-state index contributed by atoms with van der Waals surface area (Å²) in [5, 5.41) is 0.741. The van der Waals surface area contributed by atoms with Crippen LogP contribution in [0.25, 0.3) is 0 Å². The Morgan fingerprint density at radius 3 is 2.62 bits per heavy atom. The highest BCUT2D eigenvalue weighted by Crippen LogP contribution is 2.29. The first-order chi connectivity index (χ1) is 10.0. The van der Waals surface area contributed by atoms with Crippen molar-refractivity contribution in [2.24, 2.45) is 0 Å². The van der Waals surface area contributed by atoms with Gasteiger partial charge in [0.25, 0.3) is 0 Å². The Morgan fingerprint density at radius 1 is 1.24 bits per heavy atom. The molecule has 2 aliphatic heterocycles. The molecular formula is C15H21BrN2O2S. The van der Waals surface area contributed by atoms with E-state index in [1.807, 2.05) is 19.1 Å². The lowest BCUT2D eigenvalue weighted by Crippen LogP contribution is -2.56. The molecule has 2 unspecified atom stereocenters. The van der Waals surface area contributed by atoms with E-state index in [-0.39, 0.29) is 6.04 Å². The molecule has 0 bridgehead atoms. The first kappa shape index (κ1) is 15.5. The average molecular weight is 373 g/mol. The van der Waals surface area contributed by atoms with Crippen LogP contribution in [0.5, 0.6) is 0 Å². The van der Waals surface area contributed by atoms with Gasteiger partial charge in [0.05, 0.1) is 4.90 Å². The predicted molar refractivity (Wildman–Crippen MR) is 87.0 cm³/mol.